The maximum atomic E-state index is 11.8. The van der Waals surface area contributed by atoms with Gasteiger partial charge >= 0.3 is 0 Å². The molecule has 2 nitrogen and oxygen atoms in total. The van der Waals surface area contributed by atoms with Crippen molar-refractivity contribution >= 4 is 24.2 Å². The Hall–Kier alpha value is -0.123. The lowest BCUT2D eigenvalue weighted by molar-refractivity contribution is -0.118. The molecule has 0 unspecified atom stereocenters. The summed E-state index contributed by atoms with van der Waals surface area (Å²) in [5.74, 6) is 2.57. The SMILES string of the molecule is CC[Si](Cl)(CC)CC.C[C@]12CC[C@H]3[C@@H](CCC4=CC(=O)CC[C@@]43C)[C@@H]1CC[C@@H]2O. The van der Waals surface area contributed by atoms with Gasteiger partial charge in [0.2, 0.25) is 0 Å². The van der Waals surface area contributed by atoms with Crippen molar-refractivity contribution in [3.8, 4) is 0 Å². The highest BCUT2D eigenvalue weighted by molar-refractivity contribution is 7.20. The van der Waals surface area contributed by atoms with E-state index in [0.29, 0.717) is 11.7 Å². The number of aliphatic hydroxyl groups is 1. The van der Waals surface area contributed by atoms with Crippen LogP contribution in [0.2, 0.25) is 18.1 Å². The Morgan fingerprint density at radius 2 is 1.66 bits per heavy atom. The van der Waals surface area contributed by atoms with Crippen LogP contribution in [0.1, 0.15) is 86.0 Å². The first-order chi connectivity index (χ1) is 13.6. The Morgan fingerprint density at radius 1 is 1.00 bits per heavy atom. The largest absolute Gasteiger partial charge is 0.393 e. The highest BCUT2D eigenvalue weighted by Gasteiger charge is 2.58. The van der Waals surface area contributed by atoms with E-state index in [9.17, 15) is 9.90 Å². The van der Waals surface area contributed by atoms with Crippen molar-refractivity contribution in [2.24, 2.45) is 28.6 Å². The monoisotopic (exact) mass is 438 g/mol. The number of ketones is 1. The van der Waals surface area contributed by atoms with Crippen molar-refractivity contribution in [2.45, 2.75) is 110 Å². The number of halogens is 1. The van der Waals surface area contributed by atoms with Gasteiger partial charge in [-0.3, -0.25) is 4.79 Å². The summed E-state index contributed by atoms with van der Waals surface area (Å²) in [5, 5.41) is 10.4. The van der Waals surface area contributed by atoms with Crippen LogP contribution in [0.5, 0.6) is 0 Å². The standard InChI is InChI=1S/C19H28O2.C6H15ClSi/c1-18-9-7-13(20)11-12(18)3-4-14-15-5-6-17(21)19(15,2)10-8-16(14)18;1-4-8(7,5-2)6-3/h11,14-17,21H,3-10H2,1-2H3;4-6H2,1-3H3/t14-,15-,16-,17-,18-,19-;/m0./s1. The molecule has 0 aromatic carbocycles. The summed E-state index contributed by atoms with van der Waals surface area (Å²) < 4.78 is 0. The maximum Gasteiger partial charge on any atom is 0.155 e. The van der Waals surface area contributed by atoms with E-state index in [-0.39, 0.29) is 16.9 Å². The van der Waals surface area contributed by atoms with Gasteiger partial charge in [0.15, 0.2) is 13.2 Å². The van der Waals surface area contributed by atoms with Crippen LogP contribution in [0, 0.1) is 28.6 Å². The Kier molecular flexibility index (Phi) is 7.13. The molecule has 0 bridgehead atoms. The number of carbonyl (C=O) groups is 1. The normalized spacial score (nSPS) is 41.5. The lowest BCUT2D eigenvalue weighted by Crippen LogP contribution is -2.51. The molecule has 4 aliphatic rings. The summed E-state index contributed by atoms with van der Waals surface area (Å²) in [6, 6.07) is 3.67. The van der Waals surface area contributed by atoms with Crippen LogP contribution < -0.4 is 0 Å². The van der Waals surface area contributed by atoms with Crippen molar-refractivity contribution in [1.29, 1.82) is 0 Å². The van der Waals surface area contributed by atoms with E-state index in [1.54, 1.807) is 0 Å². The number of aliphatic hydroxyl groups excluding tert-OH is 1. The first-order valence-corrected chi connectivity index (χ1v) is 15.9. The second kappa shape index (κ2) is 8.79. The third-order valence-electron chi connectivity index (χ3n) is 9.81. The molecule has 1 N–H and O–H groups in total. The molecule has 4 rings (SSSR count). The molecular formula is C25H43ClO2Si. The Balaban J connectivity index is 0.000000258. The molecule has 0 radical (unpaired) electrons. The number of allylic oxidation sites excluding steroid dienone is 1. The summed E-state index contributed by atoms with van der Waals surface area (Å²) in [7, 11) is -1.20. The predicted molar refractivity (Wildman–Crippen MR) is 126 cm³/mol. The zero-order chi connectivity index (χ0) is 21.4. The first-order valence-electron chi connectivity index (χ1n) is 12.2. The van der Waals surface area contributed by atoms with E-state index in [1.807, 2.05) is 6.08 Å². The highest BCUT2D eigenvalue weighted by Crippen LogP contribution is 2.65. The minimum atomic E-state index is -1.20. The highest BCUT2D eigenvalue weighted by atomic mass is 35.6. The molecule has 4 aliphatic carbocycles. The average molecular weight is 439 g/mol. The van der Waals surface area contributed by atoms with Crippen LogP contribution in [0.25, 0.3) is 0 Å². The predicted octanol–water partition coefficient (Wildman–Crippen LogP) is 7.11. The average Bonchev–Trinajstić information content (AvgIpc) is 3.03. The summed E-state index contributed by atoms with van der Waals surface area (Å²) >= 11 is 6.23. The molecule has 3 saturated carbocycles. The number of fused-ring (bicyclic) bond motifs is 5. The van der Waals surface area contributed by atoms with E-state index in [0.717, 1.165) is 37.5 Å². The summed E-state index contributed by atoms with van der Waals surface area (Å²) in [6.07, 6.45) is 10.7. The van der Waals surface area contributed by atoms with Crippen LogP contribution in [0.4, 0.5) is 0 Å². The van der Waals surface area contributed by atoms with E-state index < -0.39 is 7.38 Å². The summed E-state index contributed by atoms with van der Waals surface area (Å²) in [6.45, 7) is 11.4. The van der Waals surface area contributed by atoms with Gasteiger partial charge in [-0.05, 0) is 97.7 Å². The van der Waals surface area contributed by atoms with Crippen LogP contribution in [0.3, 0.4) is 0 Å². The summed E-state index contributed by atoms with van der Waals surface area (Å²) in [5.41, 5.74) is 1.89. The molecule has 166 valence electrons. The van der Waals surface area contributed by atoms with Gasteiger partial charge in [-0.1, -0.05) is 40.2 Å². The molecule has 0 aliphatic heterocycles. The van der Waals surface area contributed by atoms with E-state index >= 15 is 0 Å². The molecular weight excluding hydrogens is 396 g/mol. The van der Waals surface area contributed by atoms with Gasteiger partial charge in [-0.15, -0.1) is 0 Å². The van der Waals surface area contributed by atoms with Crippen molar-refractivity contribution < 1.29 is 9.90 Å². The van der Waals surface area contributed by atoms with Gasteiger partial charge < -0.3 is 5.11 Å². The molecule has 0 saturated heterocycles. The second-order valence-corrected chi connectivity index (χ2v) is 17.6. The maximum absolute atomic E-state index is 11.8. The number of hydrogen-bond acceptors (Lipinski definition) is 2. The van der Waals surface area contributed by atoms with E-state index in [4.69, 9.17) is 11.1 Å². The van der Waals surface area contributed by atoms with Gasteiger partial charge in [0.05, 0.1) is 6.10 Å². The fourth-order valence-electron chi connectivity index (χ4n) is 7.28. The molecule has 0 spiro atoms. The van der Waals surface area contributed by atoms with Gasteiger partial charge in [0, 0.05) is 6.42 Å². The number of carbonyl (C=O) groups excluding carboxylic acids is 1. The molecule has 0 aromatic heterocycles. The molecule has 29 heavy (non-hydrogen) atoms. The first kappa shape index (κ1) is 23.5. The molecule has 6 atom stereocenters. The lowest BCUT2D eigenvalue weighted by Gasteiger charge is -2.57. The van der Waals surface area contributed by atoms with Gasteiger partial charge in [-0.25, -0.2) is 0 Å². The van der Waals surface area contributed by atoms with Crippen molar-refractivity contribution in [1.82, 2.24) is 0 Å². The van der Waals surface area contributed by atoms with E-state index in [1.165, 1.54) is 49.4 Å². The molecule has 0 amide bonds. The third kappa shape index (κ3) is 4.17. The summed E-state index contributed by atoms with van der Waals surface area (Å²) in [4.78, 5) is 11.8. The van der Waals surface area contributed by atoms with Crippen LogP contribution in [-0.2, 0) is 4.79 Å². The van der Waals surface area contributed by atoms with Gasteiger partial charge in [0.1, 0.15) is 0 Å². The second-order valence-electron chi connectivity index (χ2n) is 10.8. The van der Waals surface area contributed by atoms with Gasteiger partial charge in [-0.2, -0.15) is 11.1 Å². The fraction of sp³-hybridized carbons (Fsp3) is 0.880. The zero-order valence-electron chi connectivity index (χ0n) is 19.4. The zero-order valence-corrected chi connectivity index (χ0v) is 21.2. The molecule has 0 heterocycles. The third-order valence-corrected chi connectivity index (χ3v) is 16.0. The fourth-order valence-corrected chi connectivity index (χ4v) is 8.78. The minimum Gasteiger partial charge on any atom is -0.393 e. The Bertz CT molecular complexity index is 634. The molecule has 0 aromatic rings. The van der Waals surface area contributed by atoms with Crippen molar-refractivity contribution in [3.05, 3.63) is 11.6 Å². The van der Waals surface area contributed by atoms with Gasteiger partial charge in [0.25, 0.3) is 0 Å². The van der Waals surface area contributed by atoms with Crippen LogP contribution >= 0.6 is 11.1 Å². The minimum absolute atomic E-state index is 0.0823. The number of hydrogen-bond donors (Lipinski definition) is 1. The topological polar surface area (TPSA) is 37.3 Å². The lowest BCUT2D eigenvalue weighted by atomic mass is 9.47. The van der Waals surface area contributed by atoms with Crippen molar-refractivity contribution in [3.63, 3.8) is 0 Å². The molecule has 3 fully saturated rings. The molecule has 4 heteroatoms. The van der Waals surface area contributed by atoms with E-state index in [2.05, 4.69) is 34.6 Å². The number of rotatable bonds is 3. The van der Waals surface area contributed by atoms with Crippen LogP contribution in [0.15, 0.2) is 11.6 Å². The Labute approximate surface area is 184 Å². The smallest absolute Gasteiger partial charge is 0.155 e. The Morgan fingerprint density at radius 3 is 2.24 bits per heavy atom. The van der Waals surface area contributed by atoms with Crippen LogP contribution in [-0.4, -0.2) is 24.4 Å². The quantitative estimate of drug-likeness (QED) is 0.376. The van der Waals surface area contributed by atoms with Crippen molar-refractivity contribution in [2.75, 3.05) is 0 Å².